The maximum absolute atomic E-state index is 13.1. The molecular weight excluding hydrogens is 384 g/mol. The number of nitrogens with one attached hydrogen (secondary N) is 2. The number of hydrogen-bond acceptors (Lipinski definition) is 3. The third-order valence-electron chi connectivity index (χ3n) is 6.61. The van der Waals surface area contributed by atoms with E-state index in [-0.39, 0.29) is 18.0 Å². The van der Waals surface area contributed by atoms with Crippen molar-refractivity contribution in [2.24, 2.45) is 11.8 Å². The predicted molar refractivity (Wildman–Crippen MR) is 124 cm³/mol. The third-order valence-corrected chi connectivity index (χ3v) is 6.61. The van der Waals surface area contributed by atoms with Crippen molar-refractivity contribution in [3.8, 4) is 0 Å². The zero-order valence-electron chi connectivity index (χ0n) is 18.5. The van der Waals surface area contributed by atoms with Gasteiger partial charge in [0.1, 0.15) is 0 Å². The van der Waals surface area contributed by atoms with Crippen LogP contribution in [0.4, 0.5) is 0 Å². The summed E-state index contributed by atoms with van der Waals surface area (Å²) < 4.78 is 2.33. The molecule has 0 spiro atoms. The van der Waals surface area contributed by atoms with Crippen molar-refractivity contribution >= 4 is 16.8 Å². The predicted octanol–water partition coefficient (Wildman–Crippen LogP) is 4.21. The Labute approximate surface area is 184 Å². The molecule has 2 atom stereocenters. The van der Waals surface area contributed by atoms with E-state index in [1.165, 1.54) is 40.4 Å². The zero-order chi connectivity index (χ0) is 21.4. The second kappa shape index (κ2) is 8.46. The molecule has 5 rings (SSSR count). The van der Waals surface area contributed by atoms with Crippen LogP contribution in [0.3, 0.4) is 0 Å². The van der Waals surface area contributed by atoms with Gasteiger partial charge in [0, 0.05) is 48.6 Å². The Morgan fingerprint density at radius 3 is 2.77 bits per heavy atom. The summed E-state index contributed by atoms with van der Waals surface area (Å²) in [5, 5.41) is 8.26. The molecular formula is C26H32N4O. The fourth-order valence-electron chi connectivity index (χ4n) is 4.87. The number of aromatic nitrogens is 2. The van der Waals surface area contributed by atoms with Crippen LogP contribution in [0.2, 0.25) is 0 Å². The van der Waals surface area contributed by atoms with Gasteiger partial charge in [-0.2, -0.15) is 0 Å². The summed E-state index contributed by atoms with van der Waals surface area (Å²) in [6, 6.07) is 10.7. The fourth-order valence-corrected chi connectivity index (χ4v) is 4.87. The molecule has 3 heterocycles. The number of nitrogens with zero attached hydrogens (tertiary/aromatic N) is 2. The lowest BCUT2D eigenvalue weighted by molar-refractivity contribution is -0.123. The lowest BCUT2D eigenvalue weighted by atomic mass is 9.94. The Hall–Kier alpha value is -2.66. The smallest absolute Gasteiger partial charge is 0.237 e. The summed E-state index contributed by atoms with van der Waals surface area (Å²) in [6.45, 7) is 6.13. The number of hydrogen-bond donors (Lipinski definition) is 2. The lowest BCUT2D eigenvalue weighted by Crippen LogP contribution is -2.46. The largest absolute Gasteiger partial charge is 0.354 e. The van der Waals surface area contributed by atoms with Gasteiger partial charge in [-0.3, -0.25) is 15.1 Å². The highest BCUT2D eigenvalue weighted by Crippen LogP contribution is 2.36. The minimum absolute atomic E-state index is 0.142. The lowest BCUT2D eigenvalue weighted by Gasteiger charge is -2.25. The molecule has 0 bridgehead atoms. The molecule has 2 N–H and O–H groups in total. The number of carbonyl (C=O) groups excluding carboxylic acids is 1. The molecule has 31 heavy (non-hydrogen) atoms. The van der Waals surface area contributed by atoms with Crippen LogP contribution in [0.5, 0.6) is 0 Å². The highest BCUT2D eigenvalue weighted by atomic mass is 16.2. The first-order valence-corrected chi connectivity index (χ1v) is 11.6. The number of carbonyl (C=O) groups is 1. The van der Waals surface area contributed by atoms with E-state index in [2.05, 4.69) is 70.6 Å². The minimum Gasteiger partial charge on any atom is -0.354 e. The molecule has 1 aliphatic heterocycles. The third kappa shape index (κ3) is 4.38. The van der Waals surface area contributed by atoms with Gasteiger partial charge in [0.05, 0.1) is 6.04 Å². The summed E-state index contributed by atoms with van der Waals surface area (Å²) in [7, 11) is 0. The van der Waals surface area contributed by atoms with Gasteiger partial charge >= 0.3 is 0 Å². The average Bonchev–Trinajstić information content (AvgIpc) is 3.55. The summed E-state index contributed by atoms with van der Waals surface area (Å²) >= 11 is 0. The van der Waals surface area contributed by atoms with Crippen LogP contribution < -0.4 is 10.6 Å². The first kappa shape index (κ1) is 20.3. The summed E-state index contributed by atoms with van der Waals surface area (Å²) in [4.78, 5) is 17.2. The quantitative estimate of drug-likeness (QED) is 0.607. The molecule has 5 nitrogen and oxygen atoms in total. The standard InChI is InChI=1S/C26H32N4O/c1-17(2)12-22-21-4-3-5-24-25(21)20(16-30(24)15-19-8-10-27-11-9-19)13-23(29-22)26(31)28-14-18-6-7-18/h3-5,8-11,16-18,22-23,29H,6-7,12-15H2,1-2H3,(H,28,31). The fraction of sp³-hybridized carbons (Fsp3) is 0.462. The average molecular weight is 417 g/mol. The van der Waals surface area contributed by atoms with Crippen LogP contribution in [-0.2, 0) is 17.8 Å². The molecule has 162 valence electrons. The molecule has 0 radical (unpaired) electrons. The van der Waals surface area contributed by atoms with E-state index in [4.69, 9.17) is 0 Å². The van der Waals surface area contributed by atoms with Gasteiger partial charge in [-0.15, -0.1) is 0 Å². The molecule has 0 saturated heterocycles. The van der Waals surface area contributed by atoms with E-state index in [0.717, 1.165) is 25.9 Å². The highest BCUT2D eigenvalue weighted by Gasteiger charge is 2.31. The highest BCUT2D eigenvalue weighted by molar-refractivity contribution is 5.90. The van der Waals surface area contributed by atoms with Gasteiger partial charge < -0.3 is 9.88 Å². The maximum atomic E-state index is 13.1. The van der Waals surface area contributed by atoms with E-state index in [0.29, 0.717) is 11.8 Å². The molecule has 2 unspecified atom stereocenters. The van der Waals surface area contributed by atoms with Gasteiger partial charge in [-0.05, 0) is 72.4 Å². The van der Waals surface area contributed by atoms with Crippen LogP contribution in [-0.4, -0.2) is 28.0 Å². The monoisotopic (exact) mass is 416 g/mol. The van der Waals surface area contributed by atoms with Crippen LogP contribution in [0.1, 0.15) is 55.8 Å². The Bertz CT molecular complexity index is 1070. The first-order valence-electron chi connectivity index (χ1n) is 11.6. The summed E-state index contributed by atoms with van der Waals surface area (Å²) in [5.74, 6) is 1.37. The van der Waals surface area contributed by atoms with Gasteiger partial charge in [-0.25, -0.2) is 0 Å². The van der Waals surface area contributed by atoms with Crippen molar-refractivity contribution in [2.75, 3.05) is 6.54 Å². The summed E-state index contributed by atoms with van der Waals surface area (Å²) in [6.07, 6.45) is 10.2. The molecule has 2 aromatic heterocycles. The molecule has 2 aliphatic rings. The molecule has 5 heteroatoms. The normalized spacial score (nSPS) is 20.7. The molecule has 1 saturated carbocycles. The van der Waals surface area contributed by atoms with E-state index in [1.807, 2.05) is 12.4 Å². The Morgan fingerprint density at radius 1 is 1.23 bits per heavy atom. The van der Waals surface area contributed by atoms with Crippen molar-refractivity contribution in [1.29, 1.82) is 0 Å². The molecule has 1 fully saturated rings. The van der Waals surface area contributed by atoms with E-state index >= 15 is 0 Å². The van der Waals surface area contributed by atoms with Crippen molar-refractivity contribution in [3.05, 3.63) is 65.6 Å². The molecule has 3 aromatic rings. The second-order valence-electron chi connectivity index (χ2n) is 9.67. The van der Waals surface area contributed by atoms with Gasteiger partial charge in [0.15, 0.2) is 0 Å². The topological polar surface area (TPSA) is 59.0 Å². The maximum Gasteiger partial charge on any atom is 0.237 e. The van der Waals surface area contributed by atoms with Crippen LogP contribution in [0.25, 0.3) is 10.9 Å². The first-order chi connectivity index (χ1) is 15.1. The van der Waals surface area contributed by atoms with Crippen molar-refractivity contribution in [3.63, 3.8) is 0 Å². The van der Waals surface area contributed by atoms with Crippen LogP contribution in [0.15, 0.2) is 48.9 Å². The van der Waals surface area contributed by atoms with E-state index in [1.54, 1.807) is 0 Å². The van der Waals surface area contributed by atoms with Gasteiger partial charge in [0.2, 0.25) is 5.91 Å². The van der Waals surface area contributed by atoms with Crippen LogP contribution in [0, 0.1) is 11.8 Å². The van der Waals surface area contributed by atoms with E-state index < -0.39 is 0 Å². The summed E-state index contributed by atoms with van der Waals surface area (Å²) in [5.41, 5.74) is 5.08. The molecule has 1 aliphatic carbocycles. The SMILES string of the molecule is CC(C)CC1NC(C(=O)NCC2CC2)Cc2cn(Cc3ccncc3)c3cccc1c23. The number of rotatable bonds is 7. The Balaban J connectivity index is 1.52. The zero-order valence-corrected chi connectivity index (χ0v) is 18.5. The van der Waals surface area contributed by atoms with Crippen molar-refractivity contribution in [2.45, 2.75) is 58.2 Å². The molecule has 1 aromatic carbocycles. The van der Waals surface area contributed by atoms with Gasteiger partial charge in [0.25, 0.3) is 0 Å². The van der Waals surface area contributed by atoms with Crippen molar-refractivity contribution in [1.82, 2.24) is 20.2 Å². The second-order valence-corrected chi connectivity index (χ2v) is 9.67. The Kier molecular flexibility index (Phi) is 5.53. The number of benzene rings is 1. The van der Waals surface area contributed by atoms with Crippen LogP contribution >= 0.6 is 0 Å². The molecule has 1 amide bonds. The minimum atomic E-state index is -0.199. The number of amides is 1. The number of pyridine rings is 1. The van der Waals surface area contributed by atoms with Crippen molar-refractivity contribution < 1.29 is 4.79 Å². The van der Waals surface area contributed by atoms with E-state index in [9.17, 15) is 4.79 Å². The Morgan fingerprint density at radius 2 is 2.03 bits per heavy atom. The van der Waals surface area contributed by atoms with Gasteiger partial charge in [-0.1, -0.05) is 26.0 Å².